The van der Waals surface area contributed by atoms with Gasteiger partial charge < -0.3 is 9.73 Å². The number of anilines is 1. The number of rotatable bonds is 9. The highest BCUT2D eigenvalue weighted by atomic mass is 32.2. The molecule has 0 atom stereocenters. The minimum atomic E-state index is -3.56. The largest absolute Gasteiger partial charge is 0.465 e. The predicted octanol–water partition coefficient (Wildman–Crippen LogP) is 2.69. The first-order valence-corrected chi connectivity index (χ1v) is 10.3. The molecule has 0 saturated carbocycles. The number of hydrogen-bond acceptors (Lipinski definition) is 5. The number of hydrogen-bond donors (Lipinski definition) is 1. The third kappa shape index (κ3) is 5.66. The first-order valence-electron chi connectivity index (χ1n) is 8.90. The number of carbonyl (C=O) groups excluding carboxylic acids is 1. The Hall–Kier alpha value is -2.16. The summed E-state index contributed by atoms with van der Waals surface area (Å²) in [5.41, 5.74) is 0.454. The minimum Gasteiger partial charge on any atom is -0.465 e. The fourth-order valence-corrected chi connectivity index (χ4v) is 4.29. The van der Waals surface area contributed by atoms with Gasteiger partial charge in [0.15, 0.2) is 0 Å². The quantitative estimate of drug-likeness (QED) is 0.708. The van der Waals surface area contributed by atoms with Crippen LogP contribution in [0, 0.1) is 6.92 Å². The summed E-state index contributed by atoms with van der Waals surface area (Å²) in [4.78, 5) is 14.3. The lowest BCUT2D eigenvalue weighted by molar-refractivity contribution is -0.117. The summed E-state index contributed by atoms with van der Waals surface area (Å²) in [7, 11) is -1.74. The van der Waals surface area contributed by atoms with E-state index in [1.807, 2.05) is 31.0 Å². The maximum absolute atomic E-state index is 12.6. The monoisotopic (exact) mass is 393 g/mol. The number of aryl methyl sites for hydroxylation is 1. The number of likely N-dealkylation sites (N-methyl/N-ethyl adjacent to an activating group) is 1. The molecule has 1 heterocycles. The normalized spacial score (nSPS) is 11.9. The van der Waals surface area contributed by atoms with Crippen LogP contribution in [-0.4, -0.2) is 50.2 Å². The van der Waals surface area contributed by atoms with Crippen molar-refractivity contribution in [1.29, 1.82) is 0 Å². The smallest absolute Gasteiger partial charge is 0.243 e. The Morgan fingerprint density at radius 3 is 2.44 bits per heavy atom. The van der Waals surface area contributed by atoms with Crippen molar-refractivity contribution in [1.82, 2.24) is 9.21 Å². The molecule has 0 unspecified atom stereocenters. The maximum atomic E-state index is 12.6. The van der Waals surface area contributed by atoms with Gasteiger partial charge >= 0.3 is 0 Å². The lowest BCUT2D eigenvalue weighted by Gasteiger charge is -2.19. The molecule has 0 fully saturated rings. The molecule has 0 radical (unpaired) electrons. The molecule has 0 aliphatic heterocycles. The average molecular weight is 394 g/mol. The predicted molar refractivity (Wildman–Crippen MR) is 105 cm³/mol. The molecule has 0 aliphatic carbocycles. The second-order valence-electron chi connectivity index (χ2n) is 6.35. The van der Waals surface area contributed by atoms with Crippen LogP contribution in [0.25, 0.3) is 0 Å². The Morgan fingerprint density at radius 2 is 1.85 bits per heavy atom. The van der Waals surface area contributed by atoms with Crippen LogP contribution in [0.1, 0.15) is 25.4 Å². The lowest BCUT2D eigenvalue weighted by Crippen LogP contribution is -2.31. The van der Waals surface area contributed by atoms with E-state index in [-0.39, 0.29) is 17.3 Å². The van der Waals surface area contributed by atoms with Gasteiger partial charge in [-0.25, -0.2) is 8.42 Å². The van der Waals surface area contributed by atoms with Gasteiger partial charge in [0, 0.05) is 18.8 Å². The third-order valence-corrected chi connectivity index (χ3v) is 6.14. The van der Waals surface area contributed by atoms with Crippen LogP contribution in [0.2, 0.25) is 0 Å². The molecule has 1 aromatic heterocycles. The van der Waals surface area contributed by atoms with Gasteiger partial charge in [0.1, 0.15) is 11.5 Å². The number of benzene rings is 1. The molecule has 0 saturated heterocycles. The molecule has 1 N–H and O–H groups in total. The Bertz CT molecular complexity index is 873. The number of nitrogens with zero attached hydrogens (tertiary/aromatic N) is 2. The maximum Gasteiger partial charge on any atom is 0.243 e. The van der Waals surface area contributed by atoms with E-state index in [4.69, 9.17) is 4.42 Å². The van der Waals surface area contributed by atoms with Gasteiger partial charge in [-0.3, -0.25) is 9.69 Å². The zero-order chi connectivity index (χ0) is 20.0. The molecule has 148 valence electrons. The Labute approximate surface area is 161 Å². The highest BCUT2D eigenvalue weighted by Gasteiger charge is 2.22. The summed E-state index contributed by atoms with van der Waals surface area (Å²) in [6.07, 6.45) is 0. The van der Waals surface area contributed by atoms with Crippen molar-refractivity contribution in [2.45, 2.75) is 32.2 Å². The van der Waals surface area contributed by atoms with Crippen LogP contribution in [0.5, 0.6) is 0 Å². The summed E-state index contributed by atoms with van der Waals surface area (Å²) < 4.78 is 32.1. The second-order valence-corrected chi connectivity index (χ2v) is 8.29. The SMILES string of the molecule is CCN(CC)S(=O)(=O)c1cccc(NC(=O)CN(C)Cc2ccc(C)o2)c1. The van der Waals surface area contributed by atoms with Crippen molar-refractivity contribution in [3.05, 3.63) is 47.9 Å². The molecule has 0 spiro atoms. The van der Waals surface area contributed by atoms with E-state index in [9.17, 15) is 13.2 Å². The Morgan fingerprint density at radius 1 is 1.15 bits per heavy atom. The number of amides is 1. The standard InChI is InChI=1S/C19H27N3O4S/c1-5-22(6-2)27(24,25)18-9-7-8-16(12-18)20-19(23)14-21(4)13-17-11-10-15(3)26-17/h7-12H,5-6,13-14H2,1-4H3,(H,20,23). The van der Waals surface area contributed by atoms with Crippen LogP contribution < -0.4 is 5.32 Å². The topological polar surface area (TPSA) is 82.9 Å². The van der Waals surface area contributed by atoms with Crippen LogP contribution in [-0.2, 0) is 21.4 Å². The van der Waals surface area contributed by atoms with Crippen molar-refractivity contribution < 1.29 is 17.6 Å². The van der Waals surface area contributed by atoms with Crippen molar-refractivity contribution in [2.24, 2.45) is 0 Å². The van der Waals surface area contributed by atoms with E-state index < -0.39 is 10.0 Å². The molecule has 0 aliphatic rings. The highest BCUT2D eigenvalue weighted by Crippen LogP contribution is 2.19. The van der Waals surface area contributed by atoms with Crippen molar-refractivity contribution in [2.75, 3.05) is 32.0 Å². The number of nitrogens with one attached hydrogen (secondary N) is 1. The van der Waals surface area contributed by atoms with Crippen LogP contribution in [0.15, 0.2) is 45.7 Å². The fourth-order valence-electron chi connectivity index (χ4n) is 2.78. The van der Waals surface area contributed by atoms with E-state index in [0.717, 1.165) is 11.5 Å². The highest BCUT2D eigenvalue weighted by molar-refractivity contribution is 7.89. The summed E-state index contributed by atoms with van der Waals surface area (Å²) in [5, 5.41) is 2.76. The summed E-state index contributed by atoms with van der Waals surface area (Å²) in [6.45, 7) is 6.92. The average Bonchev–Trinajstić information content (AvgIpc) is 3.00. The van der Waals surface area contributed by atoms with E-state index in [0.29, 0.717) is 25.3 Å². The molecular weight excluding hydrogens is 366 g/mol. The lowest BCUT2D eigenvalue weighted by atomic mass is 10.3. The first kappa shape index (κ1) is 21.1. The van der Waals surface area contributed by atoms with Gasteiger partial charge in [0.2, 0.25) is 15.9 Å². The molecule has 2 rings (SSSR count). The van der Waals surface area contributed by atoms with Crippen molar-refractivity contribution >= 4 is 21.6 Å². The van der Waals surface area contributed by atoms with Crippen molar-refractivity contribution in [3.63, 3.8) is 0 Å². The molecule has 27 heavy (non-hydrogen) atoms. The first-order chi connectivity index (χ1) is 12.8. The summed E-state index contributed by atoms with van der Waals surface area (Å²) in [5.74, 6) is 1.39. The molecule has 2 aromatic rings. The van der Waals surface area contributed by atoms with E-state index in [1.54, 1.807) is 26.0 Å². The fraction of sp³-hybridized carbons (Fsp3) is 0.421. The molecule has 1 aromatic carbocycles. The molecule has 1 amide bonds. The van der Waals surface area contributed by atoms with Crippen LogP contribution in [0.4, 0.5) is 5.69 Å². The summed E-state index contributed by atoms with van der Waals surface area (Å²) >= 11 is 0. The number of sulfonamides is 1. The van der Waals surface area contributed by atoms with Gasteiger partial charge in [-0.1, -0.05) is 19.9 Å². The van der Waals surface area contributed by atoms with E-state index in [2.05, 4.69) is 5.32 Å². The van der Waals surface area contributed by atoms with Gasteiger partial charge in [0.05, 0.1) is 18.0 Å². The van der Waals surface area contributed by atoms with Gasteiger partial charge in [0.25, 0.3) is 0 Å². The van der Waals surface area contributed by atoms with Crippen molar-refractivity contribution in [3.8, 4) is 0 Å². The van der Waals surface area contributed by atoms with Crippen LogP contribution >= 0.6 is 0 Å². The zero-order valence-electron chi connectivity index (χ0n) is 16.2. The molecule has 0 bridgehead atoms. The molecule has 7 nitrogen and oxygen atoms in total. The third-order valence-electron chi connectivity index (χ3n) is 4.10. The number of furan rings is 1. The van der Waals surface area contributed by atoms with Gasteiger partial charge in [-0.2, -0.15) is 4.31 Å². The second kappa shape index (κ2) is 9.16. The summed E-state index contributed by atoms with van der Waals surface area (Å²) in [6, 6.07) is 10.1. The zero-order valence-corrected chi connectivity index (χ0v) is 17.0. The molecular formula is C19H27N3O4S. The minimum absolute atomic E-state index is 0.159. The van der Waals surface area contributed by atoms with Gasteiger partial charge in [-0.15, -0.1) is 0 Å². The molecule has 8 heteroatoms. The Balaban J connectivity index is 2.01. The van der Waals surface area contributed by atoms with E-state index >= 15 is 0 Å². The van der Waals surface area contributed by atoms with E-state index in [1.165, 1.54) is 16.4 Å². The Kier molecular flexibility index (Phi) is 7.18. The number of carbonyl (C=O) groups is 1. The van der Waals surface area contributed by atoms with Gasteiger partial charge in [-0.05, 0) is 44.3 Å². The van der Waals surface area contributed by atoms with Crippen LogP contribution in [0.3, 0.4) is 0 Å².